The Kier molecular flexibility index (Phi) is 4.49. The largest absolute Gasteiger partial charge is 0.385 e. The minimum absolute atomic E-state index is 0.456. The molecule has 2 aliphatic heterocycles. The van der Waals surface area contributed by atoms with Crippen molar-refractivity contribution in [2.45, 2.75) is 63.3 Å². The Morgan fingerprint density at radius 3 is 2.21 bits per heavy atom. The van der Waals surface area contributed by atoms with Gasteiger partial charge in [-0.25, -0.2) is 0 Å². The number of benzene rings is 3. The van der Waals surface area contributed by atoms with Crippen molar-refractivity contribution < 1.29 is 5.11 Å². The highest BCUT2D eigenvalue weighted by Gasteiger charge is 2.46. The highest BCUT2D eigenvalue weighted by Crippen LogP contribution is 2.46. The molecule has 2 saturated heterocycles. The topological polar surface area (TPSA) is 23.5 Å². The van der Waals surface area contributed by atoms with Crippen LogP contribution in [0.4, 0.5) is 0 Å². The Balaban J connectivity index is 1.50. The summed E-state index contributed by atoms with van der Waals surface area (Å²) in [7, 11) is 0. The number of rotatable bonds is 3. The molecule has 144 valence electrons. The standard InChI is InChI=1S/C26H29NO/c1-19-14-15-25(24-13-6-5-12-23(19)24)26(28)16-21-10-7-11-22(17-26)27(21)18-20-8-3-2-4-9-20/h2-6,8-9,12-15,21-22,28H,7,10-11,16-18H2,1H3. The summed E-state index contributed by atoms with van der Waals surface area (Å²) in [4.78, 5) is 2.67. The van der Waals surface area contributed by atoms with Crippen molar-refractivity contribution in [1.82, 2.24) is 4.90 Å². The molecule has 0 amide bonds. The van der Waals surface area contributed by atoms with Crippen molar-refractivity contribution in [2.75, 3.05) is 0 Å². The third-order valence-corrected chi connectivity index (χ3v) is 7.01. The molecule has 5 rings (SSSR count). The average molecular weight is 372 g/mol. The lowest BCUT2D eigenvalue weighted by atomic mass is 9.71. The number of hydrogen-bond acceptors (Lipinski definition) is 2. The zero-order valence-electron chi connectivity index (χ0n) is 16.6. The van der Waals surface area contributed by atoms with Crippen LogP contribution in [0, 0.1) is 6.92 Å². The van der Waals surface area contributed by atoms with E-state index in [1.165, 1.54) is 41.2 Å². The molecular formula is C26H29NO. The van der Waals surface area contributed by atoms with Crippen molar-refractivity contribution in [2.24, 2.45) is 0 Å². The molecule has 0 saturated carbocycles. The van der Waals surface area contributed by atoms with Crippen LogP contribution in [0.5, 0.6) is 0 Å². The minimum atomic E-state index is -0.726. The summed E-state index contributed by atoms with van der Waals surface area (Å²) < 4.78 is 0. The van der Waals surface area contributed by atoms with Crippen LogP contribution in [-0.4, -0.2) is 22.1 Å². The predicted octanol–water partition coefficient (Wildman–Crippen LogP) is 5.55. The second-order valence-corrected chi connectivity index (χ2v) is 8.81. The van der Waals surface area contributed by atoms with Gasteiger partial charge in [-0.05, 0) is 60.1 Å². The molecule has 2 fully saturated rings. The van der Waals surface area contributed by atoms with E-state index in [9.17, 15) is 5.11 Å². The summed E-state index contributed by atoms with van der Waals surface area (Å²) in [5.41, 5.74) is 3.07. The van der Waals surface area contributed by atoms with Crippen LogP contribution in [-0.2, 0) is 12.1 Å². The quantitative estimate of drug-likeness (QED) is 0.652. The molecule has 2 atom stereocenters. The molecule has 2 aliphatic rings. The molecule has 0 radical (unpaired) electrons. The second kappa shape index (κ2) is 7.02. The first-order valence-corrected chi connectivity index (χ1v) is 10.6. The zero-order chi connectivity index (χ0) is 19.1. The van der Waals surface area contributed by atoms with E-state index in [0.29, 0.717) is 12.1 Å². The van der Waals surface area contributed by atoms with Gasteiger partial charge in [0.2, 0.25) is 0 Å². The van der Waals surface area contributed by atoms with Gasteiger partial charge in [0.25, 0.3) is 0 Å². The molecule has 2 nitrogen and oxygen atoms in total. The fourth-order valence-electron chi connectivity index (χ4n) is 5.65. The number of aryl methyl sites for hydroxylation is 1. The normalized spacial score (nSPS) is 27.8. The van der Waals surface area contributed by atoms with E-state index in [0.717, 1.165) is 24.9 Å². The third-order valence-electron chi connectivity index (χ3n) is 7.01. The van der Waals surface area contributed by atoms with Crippen LogP contribution >= 0.6 is 0 Å². The van der Waals surface area contributed by atoms with Crippen molar-refractivity contribution in [3.8, 4) is 0 Å². The maximum atomic E-state index is 11.9. The summed E-state index contributed by atoms with van der Waals surface area (Å²) in [6.07, 6.45) is 5.34. The van der Waals surface area contributed by atoms with Gasteiger partial charge in [-0.15, -0.1) is 0 Å². The lowest BCUT2D eigenvalue weighted by Gasteiger charge is -2.52. The number of fused-ring (bicyclic) bond motifs is 3. The maximum absolute atomic E-state index is 11.9. The molecule has 2 heterocycles. The molecule has 0 spiro atoms. The van der Waals surface area contributed by atoms with Gasteiger partial charge in [0.05, 0.1) is 5.60 Å². The van der Waals surface area contributed by atoms with Gasteiger partial charge < -0.3 is 5.11 Å². The second-order valence-electron chi connectivity index (χ2n) is 8.81. The van der Waals surface area contributed by atoms with Gasteiger partial charge in [0, 0.05) is 18.6 Å². The maximum Gasteiger partial charge on any atom is 0.0932 e. The van der Waals surface area contributed by atoms with E-state index in [-0.39, 0.29) is 0 Å². The fraction of sp³-hybridized carbons (Fsp3) is 0.385. The van der Waals surface area contributed by atoms with Crippen molar-refractivity contribution in [1.29, 1.82) is 0 Å². The fourth-order valence-corrected chi connectivity index (χ4v) is 5.65. The van der Waals surface area contributed by atoms with Crippen molar-refractivity contribution in [3.05, 3.63) is 83.4 Å². The van der Waals surface area contributed by atoms with Gasteiger partial charge in [0.1, 0.15) is 0 Å². The Hall–Kier alpha value is -2.16. The summed E-state index contributed by atoms with van der Waals surface area (Å²) in [5, 5.41) is 14.4. The molecule has 0 aliphatic carbocycles. The first-order chi connectivity index (χ1) is 13.6. The monoisotopic (exact) mass is 371 g/mol. The molecule has 1 N–H and O–H groups in total. The van der Waals surface area contributed by atoms with Gasteiger partial charge in [-0.1, -0.05) is 73.2 Å². The first-order valence-electron chi connectivity index (χ1n) is 10.6. The van der Waals surface area contributed by atoms with Crippen LogP contribution in [0.2, 0.25) is 0 Å². The number of nitrogens with zero attached hydrogens (tertiary/aromatic N) is 1. The van der Waals surface area contributed by atoms with E-state index in [4.69, 9.17) is 0 Å². The van der Waals surface area contributed by atoms with Gasteiger partial charge >= 0.3 is 0 Å². The molecule has 2 bridgehead atoms. The molecule has 3 aromatic rings. The zero-order valence-corrected chi connectivity index (χ0v) is 16.6. The van der Waals surface area contributed by atoms with E-state index in [2.05, 4.69) is 78.6 Å². The predicted molar refractivity (Wildman–Crippen MR) is 115 cm³/mol. The number of piperidine rings is 2. The van der Waals surface area contributed by atoms with E-state index < -0.39 is 5.60 Å². The minimum Gasteiger partial charge on any atom is -0.385 e. The summed E-state index contributed by atoms with van der Waals surface area (Å²) in [6.45, 7) is 3.16. The third kappa shape index (κ3) is 3.05. The average Bonchev–Trinajstić information content (AvgIpc) is 2.70. The first kappa shape index (κ1) is 17.9. The molecule has 28 heavy (non-hydrogen) atoms. The molecule has 0 aromatic heterocycles. The summed E-state index contributed by atoms with van der Waals surface area (Å²) in [6, 6.07) is 24.6. The smallest absolute Gasteiger partial charge is 0.0932 e. The van der Waals surface area contributed by atoms with Crippen LogP contribution in [0.25, 0.3) is 10.8 Å². The molecule has 2 unspecified atom stereocenters. The highest BCUT2D eigenvalue weighted by molar-refractivity contribution is 5.89. The van der Waals surface area contributed by atoms with E-state index >= 15 is 0 Å². The van der Waals surface area contributed by atoms with Gasteiger partial charge in [0.15, 0.2) is 0 Å². The Morgan fingerprint density at radius 1 is 0.857 bits per heavy atom. The van der Waals surface area contributed by atoms with Gasteiger partial charge in [-0.3, -0.25) is 4.90 Å². The lowest BCUT2D eigenvalue weighted by Crippen LogP contribution is -2.56. The van der Waals surface area contributed by atoms with Gasteiger partial charge in [-0.2, -0.15) is 0 Å². The van der Waals surface area contributed by atoms with Crippen molar-refractivity contribution >= 4 is 10.8 Å². The van der Waals surface area contributed by atoms with Crippen LogP contribution in [0.1, 0.15) is 48.8 Å². The Morgan fingerprint density at radius 2 is 1.50 bits per heavy atom. The Bertz CT molecular complexity index is 966. The molecule has 3 aromatic carbocycles. The van der Waals surface area contributed by atoms with Crippen LogP contribution in [0.15, 0.2) is 66.7 Å². The SMILES string of the molecule is Cc1ccc(C2(O)CC3CCCC(C2)N3Cc2ccccc2)c2ccccc12. The summed E-state index contributed by atoms with van der Waals surface area (Å²) in [5.74, 6) is 0. The number of aliphatic hydroxyl groups is 1. The van der Waals surface area contributed by atoms with E-state index in [1.54, 1.807) is 0 Å². The highest BCUT2D eigenvalue weighted by atomic mass is 16.3. The van der Waals surface area contributed by atoms with Crippen molar-refractivity contribution in [3.63, 3.8) is 0 Å². The van der Waals surface area contributed by atoms with Crippen LogP contribution < -0.4 is 0 Å². The lowest BCUT2D eigenvalue weighted by molar-refractivity contribution is -0.0991. The van der Waals surface area contributed by atoms with E-state index in [1.807, 2.05) is 0 Å². The number of hydrogen-bond donors (Lipinski definition) is 1. The Labute approximate surface area is 167 Å². The van der Waals surface area contributed by atoms with Crippen LogP contribution in [0.3, 0.4) is 0 Å². The molecular weight excluding hydrogens is 342 g/mol. The summed E-state index contributed by atoms with van der Waals surface area (Å²) >= 11 is 0. The molecule has 2 heteroatoms.